The zero-order chi connectivity index (χ0) is 21.5. The summed E-state index contributed by atoms with van der Waals surface area (Å²) in [5.41, 5.74) is 3.41. The lowest BCUT2D eigenvalue weighted by atomic mass is 10.0. The first-order chi connectivity index (χ1) is 14.5. The summed E-state index contributed by atoms with van der Waals surface area (Å²) < 4.78 is 1.01. The van der Waals surface area contributed by atoms with Gasteiger partial charge >= 0.3 is 0 Å². The number of carbonyl (C=O) groups is 1. The molecule has 1 aliphatic rings. The highest BCUT2D eigenvalue weighted by atomic mass is 32.9. The van der Waals surface area contributed by atoms with Crippen LogP contribution in [-0.2, 0) is 17.8 Å². The fraction of sp³-hybridized carbons (Fsp3) is 0.565. The van der Waals surface area contributed by atoms with Crippen LogP contribution < -0.4 is 0 Å². The van der Waals surface area contributed by atoms with Gasteiger partial charge in [-0.3, -0.25) is 9.69 Å². The summed E-state index contributed by atoms with van der Waals surface area (Å²) in [5, 5.41) is 10.5. The van der Waals surface area contributed by atoms with Crippen molar-refractivity contribution in [2.75, 3.05) is 26.2 Å². The van der Waals surface area contributed by atoms with E-state index in [9.17, 15) is 9.90 Å². The molecule has 2 heterocycles. The van der Waals surface area contributed by atoms with Gasteiger partial charge in [-0.2, -0.15) is 0 Å². The number of amides is 1. The number of carbonyl (C=O) groups excluding carboxylic acids is 1. The molecule has 0 aliphatic carbocycles. The van der Waals surface area contributed by atoms with Crippen molar-refractivity contribution in [3.05, 3.63) is 33.1 Å². The van der Waals surface area contributed by atoms with Crippen molar-refractivity contribution in [1.29, 1.82) is 0 Å². The van der Waals surface area contributed by atoms with Crippen molar-refractivity contribution >= 4 is 38.8 Å². The molecule has 0 spiro atoms. The third kappa shape index (κ3) is 5.90. The Bertz CT molecular complexity index is 898. The minimum atomic E-state index is 0.227. The Morgan fingerprint density at radius 1 is 1.10 bits per heavy atom. The number of aromatic hydroxyl groups is 1. The van der Waals surface area contributed by atoms with Crippen LogP contribution in [0.25, 0.3) is 10.4 Å². The molecule has 0 saturated carbocycles. The Hall–Kier alpha value is -1.28. The first kappa shape index (κ1) is 23.4. The van der Waals surface area contributed by atoms with E-state index >= 15 is 0 Å². The average molecular weight is 465 g/mol. The van der Waals surface area contributed by atoms with E-state index in [1.165, 1.54) is 36.1 Å². The summed E-state index contributed by atoms with van der Waals surface area (Å²) in [6.45, 7) is 8.06. The first-order valence-electron chi connectivity index (χ1n) is 11.0. The van der Waals surface area contributed by atoms with Crippen LogP contribution in [-0.4, -0.2) is 47.0 Å². The average Bonchev–Trinajstić information content (AvgIpc) is 3.13. The van der Waals surface area contributed by atoms with Gasteiger partial charge in [-0.25, -0.2) is 0 Å². The van der Waals surface area contributed by atoms with Gasteiger partial charge in [-0.1, -0.05) is 66.0 Å². The molecule has 0 bridgehead atoms. The van der Waals surface area contributed by atoms with E-state index in [2.05, 4.69) is 17.9 Å². The maximum atomic E-state index is 11.9. The van der Waals surface area contributed by atoms with Crippen LogP contribution in [0.4, 0.5) is 0 Å². The molecule has 3 rings (SSSR count). The second kappa shape index (κ2) is 11.4. The lowest BCUT2D eigenvalue weighted by molar-refractivity contribution is -0.132. The number of piperazine rings is 1. The third-order valence-electron chi connectivity index (χ3n) is 5.76. The smallest absolute Gasteiger partial charge is 0.222 e. The Labute approximate surface area is 192 Å². The highest BCUT2D eigenvalue weighted by molar-refractivity contribution is 7.80. The maximum Gasteiger partial charge on any atom is 0.222 e. The normalized spacial score (nSPS) is 14.9. The number of phenols is 1. The predicted molar refractivity (Wildman–Crippen MR) is 130 cm³/mol. The summed E-state index contributed by atoms with van der Waals surface area (Å²) in [6.07, 6.45) is 6.55. The van der Waals surface area contributed by atoms with Crippen LogP contribution in [0, 0.1) is 3.82 Å². The molecular formula is C23H32N2O2S3. The maximum absolute atomic E-state index is 11.9. The van der Waals surface area contributed by atoms with Crippen molar-refractivity contribution in [3.8, 4) is 16.2 Å². The third-order valence-corrected chi connectivity index (χ3v) is 8.96. The topological polar surface area (TPSA) is 43.8 Å². The molecule has 1 aromatic carbocycles. The summed E-state index contributed by atoms with van der Waals surface area (Å²) in [4.78, 5) is 17.4. The van der Waals surface area contributed by atoms with Gasteiger partial charge in [-0.05, 0) is 42.2 Å². The largest absolute Gasteiger partial charge is 0.508 e. The number of hydrogen-bond donors (Lipinski definition) is 1. The SMILES string of the molecule is CCCCCCc1c(-c2ccc(O)c(CN3CCN(C(=O)CC)CC3)c2)ssc1=S. The van der Waals surface area contributed by atoms with Crippen molar-refractivity contribution < 1.29 is 9.90 Å². The van der Waals surface area contributed by atoms with Crippen molar-refractivity contribution in [1.82, 2.24) is 9.80 Å². The minimum absolute atomic E-state index is 0.227. The number of benzene rings is 1. The van der Waals surface area contributed by atoms with Gasteiger partial charge in [0, 0.05) is 44.7 Å². The van der Waals surface area contributed by atoms with Crippen LogP contribution in [0.2, 0.25) is 0 Å². The second-order valence-electron chi connectivity index (χ2n) is 7.93. The molecule has 1 aromatic heterocycles. The monoisotopic (exact) mass is 464 g/mol. The van der Waals surface area contributed by atoms with Crippen molar-refractivity contribution in [3.63, 3.8) is 0 Å². The summed E-state index contributed by atoms with van der Waals surface area (Å²) in [7, 11) is 3.44. The lowest BCUT2D eigenvalue weighted by Crippen LogP contribution is -2.48. The molecule has 164 valence electrons. The molecule has 1 fully saturated rings. The van der Waals surface area contributed by atoms with E-state index < -0.39 is 0 Å². The minimum Gasteiger partial charge on any atom is -0.508 e. The van der Waals surface area contributed by atoms with Gasteiger partial charge in [0.2, 0.25) is 5.91 Å². The van der Waals surface area contributed by atoms with Crippen molar-refractivity contribution in [2.24, 2.45) is 0 Å². The van der Waals surface area contributed by atoms with E-state index in [0.717, 1.165) is 47.6 Å². The van der Waals surface area contributed by atoms with Gasteiger partial charge < -0.3 is 10.0 Å². The summed E-state index contributed by atoms with van der Waals surface area (Å²) in [6, 6.07) is 5.96. The first-order valence-corrected chi connectivity index (χ1v) is 13.5. The van der Waals surface area contributed by atoms with E-state index in [1.54, 1.807) is 20.7 Å². The van der Waals surface area contributed by atoms with Crippen LogP contribution in [0.3, 0.4) is 0 Å². The number of nitrogens with zero attached hydrogens (tertiary/aromatic N) is 2. The highest BCUT2D eigenvalue weighted by Gasteiger charge is 2.21. The van der Waals surface area contributed by atoms with Crippen LogP contribution in [0.5, 0.6) is 5.75 Å². The molecule has 2 aromatic rings. The van der Waals surface area contributed by atoms with Crippen LogP contribution in [0.15, 0.2) is 18.2 Å². The predicted octanol–water partition coefficient (Wildman–Crippen LogP) is 6.09. The molecule has 1 aliphatic heterocycles. The Balaban J connectivity index is 1.70. The second-order valence-corrected chi connectivity index (χ2v) is 10.7. The lowest BCUT2D eigenvalue weighted by Gasteiger charge is -2.34. The standard InChI is InChI=1S/C23H32N2O2S3/c1-3-5-6-7-8-19-22(29-30-23(19)28)17-9-10-20(26)18(15-17)16-24-11-13-25(14-12-24)21(27)4-2/h9-10,15,26H,3-8,11-14,16H2,1-2H3. The number of rotatable bonds is 9. The molecule has 1 saturated heterocycles. The van der Waals surface area contributed by atoms with Crippen molar-refractivity contribution in [2.45, 2.75) is 58.9 Å². The Morgan fingerprint density at radius 2 is 1.87 bits per heavy atom. The highest BCUT2D eigenvalue weighted by Crippen LogP contribution is 2.37. The van der Waals surface area contributed by atoms with Gasteiger partial charge in [0.15, 0.2) is 0 Å². The van der Waals surface area contributed by atoms with Crippen LogP contribution in [0.1, 0.15) is 57.1 Å². The van der Waals surface area contributed by atoms with Gasteiger partial charge in [0.05, 0.1) is 4.88 Å². The van der Waals surface area contributed by atoms with Gasteiger partial charge in [0.25, 0.3) is 0 Å². The quantitative estimate of drug-likeness (QED) is 0.277. The molecule has 7 heteroatoms. The molecular weight excluding hydrogens is 432 g/mol. The van der Waals surface area contributed by atoms with E-state index in [1.807, 2.05) is 24.0 Å². The van der Waals surface area contributed by atoms with Gasteiger partial charge in [0.1, 0.15) is 9.57 Å². The molecule has 0 radical (unpaired) electrons. The molecule has 0 unspecified atom stereocenters. The Morgan fingerprint density at radius 3 is 2.57 bits per heavy atom. The van der Waals surface area contributed by atoms with E-state index in [4.69, 9.17) is 12.2 Å². The fourth-order valence-electron chi connectivity index (χ4n) is 3.91. The molecule has 4 nitrogen and oxygen atoms in total. The van der Waals surface area contributed by atoms with Crippen LogP contribution >= 0.6 is 32.9 Å². The molecule has 0 atom stereocenters. The van der Waals surface area contributed by atoms with Gasteiger partial charge in [-0.15, -0.1) is 0 Å². The number of unbranched alkanes of at least 4 members (excludes halogenated alkanes) is 3. The molecule has 30 heavy (non-hydrogen) atoms. The summed E-state index contributed by atoms with van der Waals surface area (Å²) >= 11 is 5.62. The van der Waals surface area contributed by atoms with E-state index in [-0.39, 0.29) is 5.91 Å². The molecule has 1 N–H and O–H groups in total. The zero-order valence-corrected chi connectivity index (χ0v) is 20.4. The number of phenolic OH excluding ortho intramolecular Hbond substituents is 1. The number of hydrogen-bond acceptors (Lipinski definition) is 6. The Kier molecular flexibility index (Phi) is 8.86. The van der Waals surface area contributed by atoms with E-state index in [0.29, 0.717) is 18.7 Å². The summed E-state index contributed by atoms with van der Waals surface area (Å²) in [5.74, 6) is 0.568. The zero-order valence-electron chi connectivity index (χ0n) is 18.0. The fourth-order valence-corrected chi connectivity index (χ4v) is 6.91. The molecule has 1 amide bonds.